The molecule has 0 spiro atoms. The zero-order chi connectivity index (χ0) is 18.9. The number of benzene rings is 1. The highest BCUT2D eigenvalue weighted by Gasteiger charge is 2.27. The molecule has 2 rings (SSSR count). The number of carbonyl (C=O) groups is 2. The standard InChI is InChI=1S/C19H28ClN3O3/c1-14-12-16(6-7-17(14)20)26-11-3-5-18(24)23-10-2-4-15(13-23)19(25)22-9-8-21/h6-7,12,15H,2-5,8-11,13,21H2,1H3,(H,22,25). The van der Waals surface area contributed by atoms with Gasteiger partial charge in [0, 0.05) is 37.6 Å². The second kappa shape index (κ2) is 10.4. The third kappa shape index (κ3) is 6.18. The minimum Gasteiger partial charge on any atom is -0.494 e. The topological polar surface area (TPSA) is 84.7 Å². The van der Waals surface area contributed by atoms with E-state index in [2.05, 4.69) is 5.32 Å². The highest BCUT2D eigenvalue weighted by atomic mass is 35.5. The molecule has 1 aliphatic rings. The van der Waals surface area contributed by atoms with Crippen LogP contribution in [0.2, 0.25) is 5.02 Å². The first-order valence-electron chi connectivity index (χ1n) is 9.15. The van der Waals surface area contributed by atoms with Gasteiger partial charge in [0.25, 0.3) is 0 Å². The Hall–Kier alpha value is -1.79. The summed E-state index contributed by atoms with van der Waals surface area (Å²) >= 11 is 5.99. The van der Waals surface area contributed by atoms with E-state index in [9.17, 15) is 9.59 Å². The molecule has 26 heavy (non-hydrogen) atoms. The van der Waals surface area contributed by atoms with Crippen LogP contribution in [0.4, 0.5) is 0 Å². The number of nitrogens with zero attached hydrogens (tertiary/aromatic N) is 1. The highest BCUT2D eigenvalue weighted by Crippen LogP contribution is 2.21. The monoisotopic (exact) mass is 381 g/mol. The molecule has 144 valence electrons. The molecule has 1 aromatic rings. The Morgan fingerprint density at radius 3 is 2.96 bits per heavy atom. The average Bonchev–Trinajstić information content (AvgIpc) is 2.66. The predicted molar refractivity (Wildman–Crippen MR) is 102 cm³/mol. The largest absolute Gasteiger partial charge is 0.494 e. The molecule has 1 heterocycles. The zero-order valence-electron chi connectivity index (χ0n) is 15.3. The molecule has 3 N–H and O–H groups in total. The molecule has 1 aliphatic heterocycles. The number of piperidine rings is 1. The Balaban J connectivity index is 1.71. The van der Waals surface area contributed by atoms with Crippen molar-refractivity contribution in [1.29, 1.82) is 0 Å². The lowest BCUT2D eigenvalue weighted by molar-refractivity contribution is -0.135. The van der Waals surface area contributed by atoms with Gasteiger partial charge in [-0.3, -0.25) is 9.59 Å². The average molecular weight is 382 g/mol. The van der Waals surface area contributed by atoms with E-state index in [4.69, 9.17) is 22.1 Å². The number of rotatable bonds is 8. The van der Waals surface area contributed by atoms with Crippen LogP contribution in [0.15, 0.2) is 18.2 Å². The molecule has 0 saturated carbocycles. The van der Waals surface area contributed by atoms with E-state index in [1.54, 1.807) is 11.0 Å². The SMILES string of the molecule is Cc1cc(OCCCC(=O)N2CCCC(C(=O)NCCN)C2)ccc1Cl. The van der Waals surface area contributed by atoms with Crippen molar-refractivity contribution in [3.05, 3.63) is 28.8 Å². The second-order valence-electron chi connectivity index (χ2n) is 6.62. The Kier molecular flexibility index (Phi) is 8.19. The number of hydrogen-bond donors (Lipinski definition) is 2. The lowest BCUT2D eigenvalue weighted by atomic mass is 9.96. The zero-order valence-corrected chi connectivity index (χ0v) is 16.1. The first-order valence-corrected chi connectivity index (χ1v) is 9.53. The minimum absolute atomic E-state index is 0.00519. The van der Waals surface area contributed by atoms with Crippen molar-refractivity contribution in [2.75, 3.05) is 32.8 Å². The van der Waals surface area contributed by atoms with Gasteiger partial charge in [0.1, 0.15) is 5.75 Å². The summed E-state index contributed by atoms with van der Waals surface area (Å²) in [5.41, 5.74) is 6.38. The highest BCUT2D eigenvalue weighted by molar-refractivity contribution is 6.31. The fourth-order valence-electron chi connectivity index (χ4n) is 3.04. The molecule has 1 atom stereocenters. The van der Waals surface area contributed by atoms with Crippen LogP contribution in [0.3, 0.4) is 0 Å². The van der Waals surface area contributed by atoms with Gasteiger partial charge in [-0.2, -0.15) is 0 Å². The van der Waals surface area contributed by atoms with E-state index < -0.39 is 0 Å². The van der Waals surface area contributed by atoms with Crippen LogP contribution in [0, 0.1) is 12.8 Å². The maximum Gasteiger partial charge on any atom is 0.224 e. The molecule has 1 fully saturated rings. The quantitative estimate of drug-likeness (QED) is 0.675. The number of amides is 2. The predicted octanol–water partition coefficient (Wildman–Crippen LogP) is 2.12. The van der Waals surface area contributed by atoms with Crippen LogP contribution in [0.1, 0.15) is 31.2 Å². The summed E-state index contributed by atoms with van der Waals surface area (Å²) in [6.07, 6.45) is 2.73. The molecule has 6 nitrogen and oxygen atoms in total. The van der Waals surface area contributed by atoms with E-state index in [1.807, 2.05) is 19.1 Å². The van der Waals surface area contributed by atoms with Crippen LogP contribution in [0.5, 0.6) is 5.75 Å². The summed E-state index contributed by atoms with van der Waals surface area (Å²) in [5, 5.41) is 3.52. The van der Waals surface area contributed by atoms with Gasteiger partial charge >= 0.3 is 0 Å². The summed E-state index contributed by atoms with van der Waals surface area (Å²) in [5.74, 6) is 0.702. The molecular weight excluding hydrogens is 354 g/mol. The summed E-state index contributed by atoms with van der Waals surface area (Å²) in [6.45, 7) is 4.51. The van der Waals surface area contributed by atoms with Crippen LogP contribution < -0.4 is 15.8 Å². The van der Waals surface area contributed by atoms with E-state index in [1.165, 1.54) is 0 Å². The molecule has 7 heteroatoms. The fraction of sp³-hybridized carbons (Fsp3) is 0.579. The van der Waals surface area contributed by atoms with E-state index in [-0.39, 0.29) is 17.7 Å². The Morgan fingerprint density at radius 2 is 2.23 bits per heavy atom. The molecule has 2 amide bonds. The minimum atomic E-state index is -0.132. The lowest BCUT2D eigenvalue weighted by Gasteiger charge is -2.32. The third-order valence-electron chi connectivity index (χ3n) is 4.52. The molecule has 1 saturated heterocycles. The maximum absolute atomic E-state index is 12.4. The van der Waals surface area contributed by atoms with Gasteiger partial charge in [0.2, 0.25) is 11.8 Å². The molecule has 0 aliphatic carbocycles. The van der Waals surface area contributed by atoms with E-state index in [0.717, 1.165) is 30.7 Å². The first-order chi connectivity index (χ1) is 12.5. The van der Waals surface area contributed by atoms with Gasteiger partial charge < -0.3 is 20.7 Å². The fourth-order valence-corrected chi connectivity index (χ4v) is 3.15. The number of halogens is 1. The Morgan fingerprint density at radius 1 is 1.42 bits per heavy atom. The van der Waals surface area contributed by atoms with Crippen molar-refractivity contribution in [3.8, 4) is 5.75 Å². The number of nitrogens with two attached hydrogens (primary N) is 1. The first kappa shape index (κ1) is 20.5. The van der Waals surface area contributed by atoms with Crippen molar-refractivity contribution in [2.24, 2.45) is 11.7 Å². The van der Waals surface area contributed by atoms with Gasteiger partial charge in [0.15, 0.2) is 0 Å². The van der Waals surface area contributed by atoms with Gasteiger partial charge in [-0.05, 0) is 49.9 Å². The van der Waals surface area contributed by atoms with Crippen LogP contribution >= 0.6 is 11.6 Å². The number of aryl methyl sites for hydroxylation is 1. The van der Waals surface area contributed by atoms with Gasteiger partial charge in [-0.1, -0.05) is 11.6 Å². The molecule has 1 aromatic carbocycles. The molecule has 0 radical (unpaired) electrons. The molecule has 0 aromatic heterocycles. The Bertz CT molecular complexity index is 624. The van der Waals surface area contributed by atoms with Crippen molar-refractivity contribution >= 4 is 23.4 Å². The molecule has 1 unspecified atom stereocenters. The van der Waals surface area contributed by atoms with Crippen LogP contribution in [0.25, 0.3) is 0 Å². The summed E-state index contributed by atoms with van der Waals surface area (Å²) in [4.78, 5) is 26.2. The maximum atomic E-state index is 12.4. The van der Waals surface area contributed by atoms with Crippen molar-refractivity contribution in [1.82, 2.24) is 10.2 Å². The van der Waals surface area contributed by atoms with Gasteiger partial charge in [-0.15, -0.1) is 0 Å². The summed E-state index contributed by atoms with van der Waals surface area (Å²) in [6, 6.07) is 5.52. The normalized spacial score (nSPS) is 17.0. The second-order valence-corrected chi connectivity index (χ2v) is 7.03. The van der Waals surface area contributed by atoms with Gasteiger partial charge in [-0.25, -0.2) is 0 Å². The number of ether oxygens (including phenoxy) is 1. The van der Waals surface area contributed by atoms with Crippen LogP contribution in [-0.2, 0) is 9.59 Å². The van der Waals surface area contributed by atoms with Crippen molar-refractivity contribution < 1.29 is 14.3 Å². The smallest absolute Gasteiger partial charge is 0.224 e. The molecular formula is C19H28ClN3O3. The van der Waals surface area contributed by atoms with Crippen molar-refractivity contribution in [2.45, 2.75) is 32.6 Å². The summed E-state index contributed by atoms with van der Waals surface area (Å²) in [7, 11) is 0. The van der Waals surface area contributed by atoms with Crippen molar-refractivity contribution in [3.63, 3.8) is 0 Å². The number of nitrogens with one attached hydrogen (secondary N) is 1. The lowest BCUT2D eigenvalue weighted by Crippen LogP contribution is -2.46. The third-order valence-corrected chi connectivity index (χ3v) is 4.95. The van der Waals surface area contributed by atoms with Gasteiger partial charge in [0.05, 0.1) is 12.5 Å². The molecule has 0 bridgehead atoms. The van der Waals surface area contributed by atoms with E-state index >= 15 is 0 Å². The number of likely N-dealkylation sites (tertiary alicyclic amines) is 1. The summed E-state index contributed by atoms with van der Waals surface area (Å²) < 4.78 is 5.68. The number of hydrogen-bond acceptors (Lipinski definition) is 4. The van der Waals surface area contributed by atoms with Crippen LogP contribution in [-0.4, -0.2) is 49.5 Å². The number of carbonyl (C=O) groups excluding carboxylic acids is 2. The van der Waals surface area contributed by atoms with E-state index in [0.29, 0.717) is 44.1 Å². The Labute approximate surface area is 160 Å².